The molecule has 1 N–H and O–H groups in total. The Morgan fingerprint density at radius 3 is 2.62 bits per heavy atom. The molecule has 2 saturated heterocycles. The quantitative estimate of drug-likeness (QED) is 0.859. The van der Waals surface area contributed by atoms with Crippen LogP contribution in [0.25, 0.3) is 0 Å². The summed E-state index contributed by atoms with van der Waals surface area (Å²) < 4.78 is 38.1. The van der Waals surface area contributed by atoms with Crippen molar-refractivity contribution in [2.75, 3.05) is 44.2 Å². The molecule has 0 bridgehead atoms. The lowest BCUT2D eigenvalue weighted by molar-refractivity contribution is -0.137. The van der Waals surface area contributed by atoms with Crippen molar-refractivity contribution in [2.45, 2.75) is 25.4 Å². The summed E-state index contributed by atoms with van der Waals surface area (Å²) in [5.74, 6) is 1.06. The smallest absolute Gasteiger partial charge is 0.352 e. The van der Waals surface area contributed by atoms with E-state index in [0.29, 0.717) is 44.3 Å². The lowest BCUT2D eigenvalue weighted by atomic mass is 10.0. The average molecular weight is 391 g/mol. The summed E-state index contributed by atoms with van der Waals surface area (Å²) in [5.41, 5.74) is -0.860. The maximum Gasteiger partial charge on any atom is 0.417 e. The third-order valence-corrected chi connectivity index (χ3v) is 5.29. The van der Waals surface area contributed by atoms with Gasteiger partial charge in [0.2, 0.25) is 5.91 Å². The van der Waals surface area contributed by atoms with Crippen LogP contribution in [0.4, 0.5) is 19.0 Å². The average Bonchev–Trinajstić information content (AvgIpc) is 3.12. The Kier molecular flexibility index (Phi) is 5.92. The second-order valence-electron chi connectivity index (χ2n) is 6.79. The minimum absolute atomic E-state index is 0.0201. The number of carbonyl (C=O) groups is 1. The fraction of sp³-hybridized carbons (Fsp3) is 0.647. The Labute approximate surface area is 155 Å². The van der Waals surface area contributed by atoms with Gasteiger partial charge < -0.3 is 15.1 Å². The zero-order valence-corrected chi connectivity index (χ0v) is 15.1. The van der Waals surface area contributed by atoms with Gasteiger partial charge in [-0.1, -0.05) is 11.6 Å². The van der Waals surface area contributed by atoms with E-state index >= 15 is 0 Å². The third-order valence-electron chi connectivity index (χ3n) is 5.01. The first-order chi connectivity index (χ1) is 12.3. The Morgan fingerprint density at radius 1 is 1.31 bits per heavy atom. The molecule has 2 aliphatic rings. The molecule has 2 aliphatic heterocycles. The summed E-state index contributed by atoms with van der Waals surface area (Å²) in [7, 11) is 0. The highest BCUT2D eigenvalue weighted by Crippen LogP contribution is 2.33. The van der Waals surface area contributed by atoms with E-state index in [1.165, 1.54) is 0 Å². The minimum atomic E-state index is -4.46. The van der Waals surface area contributed by atoms with Crippen molar-refractivity contribution in [3.8, 4) is 0 Å². The molecule has 2 fully saturated rings. The number of pyridine rings is 1. The van der Waals surface area contributed by atoms with Gasteiger partial charge in [-0.05, 0) is 37.9 Å². The summed E-state index contributed by atoms with van der Waals surface area (Å²) in [6, 6.07) is 0.900. The van der Waals surface area contributed by atoms with E-state index in [1.807, 2.05) is 9.80 Å². The van der Waals surface area contributed by atoms with E-state index in [2.05, 4.69) is 10.3 Å². The first kappa shape index (κ1) is 19.2. The normalized spacial score (nSPS) is 21.3. The lowest BCUT2D eigenvalue weighted by Crippen LogP contribution is -2.49. The van der Waals surface area contributed by atoms with Gasteiger partial charge in [-0.15, -0.1) is 0 Å². The molecule has 0 aliphatic carbocycles. The van der Waals surface area contributed by atoms with E-state index in [9.17, 15) is 18.0 Å². The molecule has 1 unspecified atom stereocenters. The molecule has 0 spiro atoms. The summed E-state index contributed by atoms with van der Waals surface area (Å²) in [4.78, 5) is 19.9. The maximum absolute atomic E-state index is 12.7. The van der Waals surface area contributed by atoms with Crippen LogP contribution in [-0.2, 0) is 11.0 Å². The van der Waals surface area contributed by atoms with Crippen LogP contribution in [0.2, 0.25) is 5.02 Å². The van der Waals surface area contributed by atoms with Crippen LogP contribution in [0.3, 0.4) is 0 Å². The van der Waals surface area contributed by atoms with Gasteiger partial charge in [0.25, 0.3) is 0 Å². The summed E-state index contributed by atoms with van der Waals surface area (Å²) in [5, 5.41) is 3.28. The second kappa shape index (κ2) is 8.00. The number of rotatable bonds is 4. The van der Waals surface area contributed by atoms with Crippen LogP contribution in [-0.4, -0.2) is 55.1 Å². The van der Waals surface area contributed by atoms with Gasteiger partial charge in [0.1, 0.15) is 5.82 Å². The topological polar surface area (TPSA) is 48.5 Å². The molecule has 26 heavy (non-hydrogen) atoms. The van der Waals surface area contributed by atoms with Crippen molar-refractivity contribution in [3.63, 3.8) is 0 Å². The molecule has 1 aromatic rings. The van der Waals surface area contributed by atoms with Gasteiger partial charge in [-0.2, -0.15) is 13.2 Å². The molecular weight excluding hydrogens is 369 g/mol. The van der Waals surface area contributed by atoms with Gasteiger partial charge in [-0.25, -0.2) is 4.98 Å². The number of hydrogen-bond acceptors (Lipinski definition) is 4. The SMILES string of the molecule is O=C(CCC1CCNC1)N1CCN(c2ncc(C(F)(F)F)cc2Cl)CC1. The molecule has 0 aromatic carbocycles. The van der Waals surface area contributed by atoms with Gasteiger partial charge in [0.05, 0.1) is 10.6 Å². The molecule has 0 saturated carbocycles. The monoisotopic (exact) mass is 390 g/mol. The van der Waals surface area contributed by atoms with E-state index in [1.54, 1.807) is 0 Å². The van der Waals surface area contributed by atoms with Crippen molar-refractivity contribution < 1.29 is 18.0 Å². The maximum atomic E-state index is 12.7. The molecule has 144 valence electrons. The molecule has 3 heterocycles. The molecule has 0 radical (unpaired) electrons. The predicted octanol–water partition coefficient (Wildman–Crippen LogP) is 2.79. The highest BCUT2D eigenvalue weighted by molar-refractivity contribution is 6.33. The van der Waals surface area contributed by atoms with Gasteiger partial charge in [-0.3, -0.25) is 4.79 Å². The first-order valence-electron chi connectivity index (χ1n) is 8.81. The first-order valence-corrected chi connectivity index (χ1v) is 9.18. The molecule has 5 nitrogen and oxygen atoms in total. The van der Waals surface area contributed by atoms with Crippen molar-refractivity contribution in [1.29, 1.82) is 0 Å². The third kappa shape index (κ3) is 4.59. The molecule has 9 heteroatoms. The highest BCUT2D eigenvalue weighted by atomic mass is 35.5. The van der Waals surface area contributed by atoms with Crippen molar-refractivity contribution >= 4 is 23.3 Å². The molecule has 1 atom stereocenters. The fourth-order valence-corrected chi connectivity index (χ4v) is 3.72. The van der Waals surface area contributed by atoms with E-state index < -0.39 is 11.7 Å². The van der Waals surface area contributed by atoms with Gasteiger partial charge >= 0.3 is 6.18 Å². The fourth-order valence-electron chi connectivity index (χ4n) is 3.43. The number of aromatic nitrogens is 1. The van der Waals surface area contributed by atoms with Crippen LogP contribution in [0.15, 0.2) is 12.3 Å². The van der Waals surface area contributed by atoms with Gasteiger partial charge in [0.15, 0.2) is 0 Å². The number of nitrogens with zero attached hydrogens (tertiary/aromatic N) is 3. The Bertz CT molecular complexity index is 641. The predicted molar refractivity (Wildman–Crippen MR) is 93.3 cm³/mol. The summed E-state index contributed by atoms with van der Waals surface area (Å²) in [6.07, 6.45) is -1.09. The van der Waals surface area contributed by atoms with Crippen molar-refractivity contribution in [1.82, 2.24) is 15.2 Å². The number of halogens is 4. The number of anilines is 1. The molecule has 1 amide bonds. The number of hydrogen-bond donors (Lipinski definition) is 1. The van der Waals surface area contributed by atoms with Crippen molar-refractivity contribution in [2.24, 2.45) is 5.92 Å². The van der Waals surface area contributed by atoms with Crippen LogP contribution in [0.1, 0.15) is 24.8 Å². The Morgan fingerprint density at radius 2 is 2.04 bits per heavy atom. The molecule has 1 aromatic heterocycles. The van der Waals surface area contributed by atoms with Crippen LogP contribution < -0.4 is 10.2 Å². The Hall–Kier alpha value is -1.54. The lowest BCUT2D eigenvalue weighted by Gasteiger charge is -2.36. The summed E-state index contributed by atoms with van der Waals surface area (Å²) >= 11 is 6.00. The van der Waals surface area contributed by atoms with Crippen LogP contribution >= 0.6 is 11.6 Å². The zero-order chi connectivity index (χ0) is 18.7. The minimum Gasteiger partial charge on any atom is -0.352 e. The largest absolute Gasteiger partial charge is 0.417 e. The van der Waals surface area contributed by atoms with Crippen LogP contribution in [0.5, 0.6) is 0 Å². The number of piperazine rings is 1. The number of amides is 1. The molecule has 3 rings (SSSR count). The van der Waals surface area contributed by atoms with E-state index in [-0.39, 0.29) is 10.9 Å². The standard InChI is InChI=1S/C17H22ClF3N4O/c18-14-9-13(17(19,20)21)11-23-16(14)25-7-5-24(6-8-25)15(26)2-1-12-3-4-22-10-12/h9,11-12,22H,1-8,10H2. The zero-order valence-electron chi connectivity index (χ0n) is 14.4. The molecular formula is C17H22ClF3N4O. The van der Waals surface area contributed by atoms with Crippen LogP contribution in [0, 0.1) is 5.92 Å². The number of carbonyl (C=O) groups excluding carboxylic acids is 1. The number of alkyl halides is 3. The van der Waals surface area contributed by atoms with E-state index in [4.69, 9.17) is 11.6 Å². The Balaban J connectivity index is 1.52. The highest BCUT2D eigenvalue weighted by Gasteiger charge is 2.32. The second-order valence-corrected chi connectivity index (χ2v) is 7.20. The number of nitrogens with one attached hydrogen (secondary N) is 1. The van der Waals surface area contributed by atoms with E-state index in [0.717, 1.165) is 38.2 Å². The van der Waals surface area contributed by atoms with Crippen molar-refractivity contribution in [3.05, 3.63) is 22.8 Å². The van der Waals surface area contributed by atoms with Gasteiger partial charge in [0, 0.05) is 38.8 Å². The summed E-state index contributed by atoms with van der Waals surface area (Å²) in [6.45, 7) is 4.09.